The van der Waals surface area contributed by atoms with Gasteiger partial charge in [-0.2, -0.15) is 5.10 Å². The van der Waals surface area contributed by atoms with E-state index < -0.39 is 24.0 Å². The zero-order valence-electron chi connectivity index (χ0n) is 19.7. The van der Waals surface area contributed by atoms with Crippen molar-refractivity contribution >= 4 is 45.3 Å². The van der Waals surface area contributed by atoms with Gasteiger partial charge in [-0.15, -0.1) is 0 Å². The molecule has 0 bridgehead atoms. The lowest BCUT2D eigenvalue weighted by Crippen LogP contribution is -2.50. The van der Waals surface area contributed by atoms with Gasteiger partial charge in [0, 0.05) is 0 Å². The van der Waals surface area contributed by atoms with E-state index in [0.29, 0.717) is 12.8 Å². The molecule has 4 amide bonds. The molecule has 0 saturated heterocycles. The maximum absolute atomic E-state index is 12.8. The fourth-order valence-corrected chi connectivity index (χ4v) is 3.47. The Balaban J connectivity index is 2.27. The zero-order chi connectivity index (χ0) is 25.6. The molecule has 1 atom stereocenters. The molecule has 4 N–H and O–H groups in total. The third-order valence-corrected chi connectivity index (χ3v) is 5.42. The Labute approximate surface area is 213 Å². The Morgan fingerprint density at radius 2 is 1.49 bits per heavy atom. The van der Waals surface area contributed by atoms with Gasteiger partial charge in [0.15, 0.2) is 0 Å². The van der Waals surface area contributed by atoms with Crippen molar-refractivity contribution in [3.8, 4) is 0 Å². The van der Waals surface area contributed by atoms with Crippen molar-refractivity contribution in [1.29, 1.82) is 0 Å². The summed E-state index contributed by atoms with van der Waals surface area (Å²) in [6, 6.07) is 17.0. The highest BCUT2D eigenvalue weighted by Gasteiger charge is 2.25. The minimum atomic E-state index is -0.753. The van der Waals surface area contributed by atoms with Gasteiger partial charge in [-0.1, -0.05) is 89.9 Å². The van der Waals surface area contributed by atoms with E-state index in [4.69, 9.17) is 0 Å². The van der Waals surface area contributed by atoms with Gasteiger partial charge in [0.2, 0.25) is 5.91 Å². The van der Waals surface area contributed by atoms with Crippen molar-refractivity contribution < 1.29 is 19.2 Å². The topological polar surface area (TPSA) is 129 Å². The summed E-state index contributed by atoms with van der Waals surface area (Å²) in [5.41, 5.74) is 4.01. The number of carbonyl (C=O) groups excluding carboxylic acids is 4. The third kappa shape index (κ3) is 9.32. The van der Waals surface area contributed by atoms with Gasteiger partial charge >= 0.3 is 6.03 Å². The molecular formula is C25H30BrN5O4. The number of Topliss-reactive ketones (excluding diaryl/α,β-unsaturated/α-hetero) is 1. The summed E-state index contributed by atoms with van der Waals surface area (Å²) in [5.74, 6) is -1.24. The molecule has 0 aliphatic heterocycles. The van der Waals surface area contributed by atoms with E-state index in [0.717, 1.165) is 11.1 Å². The number of hydrogen-bond donors (Lipinski definition) is 4. The van der Waals surface area contributed by atoms with Crippen LogP contribution >= 0.6 is 15.9 Å². The monoisotopic (exact) mass is 543 g/mol. The molecule has 2 aromatic rings. The van der Waals surface area contributed by atoms with Crippen molar-refractivity contribution in [2.75, 3.05) is 11.9 Å². The average molecular weight is 544 g/mol. The quantitative estimate of drug-likeness (QED) is 0.186. The average Bonchev–Trinajstić information content (AvgIpc) is 2.87. The predicted octanol–water partition coefficient (Wildman–Crippen LogP) is 2.82. The van der Waals surface area contributed by atoms with Crippen molar-refractivity contribution in [3.63, 3.8) is 0 Å². The number of carbonyl (C=O) groups is 4. The molecule has 0 heterocycles. The highest BCUT2D eigenvalue weighted by Crippen LogP contribution is 2.21. The Hall–Kier alpha value is -3.53. The fourth-order valence-electron chi connectivity index (χ4n) is 3.31. The molecule has 35 heavy (non-hydrogen) atoms. The van der Waals surface area contributed by atoms with Gasteiger partial charge in [-0.3, -0.25) is 14.4 Å². The molecule has 0 spiro atoms. The summed E-state index contributed by atoms with van der Waals surface area (Å²) in [5, 5.41) is 12.2. The van der Waals surface area contributed by atoms with Gasteiger partial charge in [-0.05, 0) is 24.5 Å². The summed E-state index contributed by atoms with van der Waals surface area (Å²) in [6.07, 6.45) is 1.05. The van der Waals surface area contributed by atoms with Gasteiger partial charge in [0.25, 0.3) is 5.91 Å². The molecule has 0 saturated carbocycles. The Kier molecular flexibility index (Phi) is 11.6. The van der Waals surface area contributed by atoms with Gasteiger partial charge < -0.3 is 16.0 Å². The number of rotatable bonds is 12. The van der Waals surface area contributed by atoms with Crippen molar-refractivity contribution in [3.05, 3.63) is 71.8 Å². The number of ketones is 1. The molecule has 2 aromatic carbocycles. The van der Waals surface area contributed by atoms with Crippen molar-refractivity contribution in [1.82, 2.24) is 21.4 Å². The molecule has 0 aliphatic rings. The van der Waals surface area contributed by atoms with Crippen LogP contribution in [0.15, 0.2) is 65.8 Å². The van der Waals surface area contributed by atoms with E-state index in [2.05, 4.69) is 42.4 Å². The highest BCUT2D eigenvalue weighted by atomic mass is 79.9. The predicted molar refractivity (Wildman–Crippen MR) is 138 cm³/mol. The van der Waals surface area contributed by atoms with Crippen LogP contribution in [0.25, 0.3) is 0 Å². The first kappa shape index (κ1) is 27.7. The Bertz CT molecular complexity index is 991. The number of nitrogens with one attached hydrogen (secondary N) is 4. The molecule has 0 fully saturated rings. The second-order valence-corrected chi connectivity index (χ2v) is 8.32. The molecule has 0 radical (unpaired) electrons. The smallest absolute Gasteiger partial charge is 0.335 e. The summed E-state index contributed by atoms with van der Waals surface area (Å²) < 4.78 is 0. The first-order chi connectivity index (χ1) is 16.8. The van der Waals surface area contributed by atoms with E-state index in [-0.39, 0.29) is 29.3 Å². The molecule has 0 aromatic heterocycles. The first-order valence-corrected chi connectivity index (χ1v) is 12.3. The molecule has 9 nitrogen and oxygen atoms in total. The standard InChI is InChI=1S/C25H30BrN5O4/c1-3-10-20(28-21(33)15-26)23(24(34)27-16-17(2)32)30-31-25(35)29-22(18-11-6-4-7-12-18)19-13-8-5-9-14-19/h4-9,11-14,20,22H,3,10,15-16H2,1-2H3,(H,27,34)(H,28,33)(H2,29,31,35). The highest BCUT2D eigenvalue weighted by molar-refractivity contribution is 9.09. The molecule has 186 valence electrons. The second kappa shape index (κ2) is 14.7. The van der Waals surface area contributed by atoms with Gasteiger partial charge in [-0.25, -0.2) is 10.2 Å². The van der Waals surface area contributed by atoms with E-state index >= 15 is 0 Å². The van der Waals surface area contributed by atoms with Gasteiger partial charge in [0.05, 0.1) is 24.0 Å². The van der Waals surface area contributed by atoms with E-state index in [1.807, 2.05) is 67.6 Å². The van der Waals surface area contributed by atoms with Crippen molar-refractivity contribution in [2.45, 2.75) is 38.8 Å². The van der Waals surface area contributed by atoms with Crippen LogP contribution in [0.3, 0.4) is 0 Å². The zero-order valence-corrected chi connectivity index (χ0v) is 21.3. The Morgan fingerprint density at radius 1 is 0.914 bits per heavy atom. The maximum Gasteiger partial charge on any atom is 0.335 e. The van der Waals surface area contributed by atoms with Crippen LogP contribution < -0.4 is 21.4 Å². The summed E-state index contributed by atoms with van der Waals surface area (Å²) in [4.78, 5) is 49.0. The molecule has 0 aliphatic carbocycles. The number of benzene rings is 2. The van der Waals surface area contributed by atoms with Crippen molar-refractivity contribution in [2.24, 2.45) is 5.10 Å². The maximum atomic E-state index is 12.8. The summed E-state index contributed by atoms with van der Waals surface area (Å²) in [7, 11) is 0. The summed E-state index contributed by atoms with van der Waals surface area (Å²) in [6.45, 7) is 3.04. The largest absolute Gasteiger partial charge is 0.347 e. The van der Waals surface area contributed by atoms with Crippen LogP contribution in [-0.2, 0) is 14.4 Å². The molecule has 10 heteroatoms. The molecule has 1 unspecified atom stereocenters. The van der Waals surface area contributed by atoms with Gasteiger partial charge in [0.1, 0.15) is 11.5 Å². The lowest BCUT2D eigenvalue weighted by atomic mass is 9.99. The second-order valence-electron chi connectivity index (χ2n) is 7.76. The van der Waals surface area contributed by atoms with E-state index in [1.54, 1.807) is 0 Å². The number of urea groups is 1. The lowest BCUT2D eigenvalue weighted by Gasteiger charge is -2.21. The third-order valence-electron chi connectivity index (χ3n) is 4.91. The SMILES string of the molecule is CCCC(NC(=O)CBr)C(=NNC(=O)NC(c1ccccc1)c1ccccc1)C(=O)NCC(C)=O. The number of alkyl halides is 1. The lowest BCUT2D eigenvalue weighted by molar-refractivity contribution is -0.121. The number of halogens is 1. The minimum Gasteiger partial charge on any atom is -0.347 e. The van der Waals surface area contributed by atoms with E-state index in [1.165, 1.54) is 6.92 Å². The Morgan fingerprint density at radius 3 is 1.97 bits per heavy atom. The van der Waals surface area contributed by atoms with E-state index in [9.17, 15) is 19.2 Å². The molecule has 2 rings (SSSR count). The minimum absolute atomic E-state index is 0.0410. The van der Waals surface area contributed by atoms with Crippen LogP contribution in [0.2, 0.25) is 0 Å². The number of amides is 4. The normalized spacial score (nSPS) is 11.9. The van der Waals surface area contributed by atoms with Crippen LogP contribution in [0.4, 0.5) is 4.79 Å². The van der Waals surface area contributed by atoms with Crippen LogP contribution in [0.5, 0.6) is 0 Å². The molecular weight excluding hydrogens is 514 g/mol. The number of hydrazone groups is 1. The number of nitrogens with zero attached hydrogens (tertiary/aromatic N) is 1. The first-order valence-electron chi connectivity index (χ1n) is 11.2. The van der Waals surface area contributed by atoms with Crippen LogP contribution in [0.1, 0.15) is 43.9 Å². The van der Waals surface area contributed by atoms with Crippen LogP contribution in [0, 0.1) is 0 Å². The summed E-state index contributed by atoms with van der Waals surface area (Å²) >= 11 is 3.09. The number of hydrogen-bond acceptors (Lipinski definition) is 5. The fraction of sp³-hybridized carbons (Fsp3) is 0.320. The van der Waals surface area contributed by atoms with Crippen LogP contribution in [-0.4, -0.2) is 47.3 Å².